The molecule has 0 saturated carbocycles. The maximum Gasteiger partial charge on any atom is 0.319 e. The van der Waals surface area contributed by atoms with Crippen molar-refractivity contribution in [2.75, 3.05) is 23.7 Å². The second-order valence-electron chi connectivity index (χ2n) is 5.85. The fraction of sp³-hybridized carbons (Fsp3) is 0.158. The zero-order valence-electron chi connectivity index (χ0n) is 15.4. The minimum Gasteiger partial charge on any atom is -0.334 e. The first-order valence-corrected chi connectivity index (χ1v) is 10.9. The van der Waals surface area contributed by atoms with E-state index in [4.69, 9.17) is 0 Å². The van der Waals surface area contributed by atoms with Gasteiger partial charge in [0.15, 0.2) is 0 Å². The summed E-state index contributed by atoms with van der Waals surface area (Å²) in [7, 11) is -3.67. The Kier molecular flexibility index (Phi) is 8.37. The van der Waals surface area contributed by atoms with Crippen molar-refractivity contribution in [1.82, 2.24) is 10.0 Å². The summed E-state index contributed by atoms with van der Waals surface area (Å²) in [6.07, 6.45) is 1.54. The number of carbonyl (C=O) groups excluding carboxylic acids is 2. The number of carbonyl (C=O) groups is 2. The smallest absolute Gasteiger partial charge is 0.319 e. The molecule has 154 valence electrons. The van der Waals surface area contributed by atoms with Gasteiger partial charge in [0, 0.05) is 35.4 Å². The van der Waals surface area contributed by atoms with Gasteiger partial charge in [-0.15, -0.1) is 6.58 Å². The van der Waals surface area contributed by atoms with Crippen molar-refractivity contribution >= 4 is 49.3 Å². The monoisotopic (exact) mass is 480 g/mol. The molecular weight excluding hydrogens is 460 g/mol. The Balaban J connectivity index is 1.79. The number of hydrogen-bond donors (Lipinski definition) is 4. The first-order valence-electron chi connectivity index (χ1n) is 8.61. The largest absolute Gasteiger partial charge is 0.334 e. The van der Waals surface area contributed by atoms with Crippen LogP contribution in [0.15, 0.2) is 70.6 Å². The molecule has 2 aromatic carbocycles. The number of sulfonamides is 1. The van der Waals surface area contributed by atoms with Gasteiger partial charge in [-0.25, -0.2) is 17.9 Å². The summed E-state index contributed by atoms with van der Waals surface area (Å²) in [5.74, 6) is -0.340. The minimum atomic E-state index is -3.67. The van der Waals surface area contributed by atoms with Crippen LogP contribution in [-0.2, 0) is 14.8 Å². The normalized spacial score (nSPS) is 10.8. The third-order valence-corrected chi connectivity index (χ3v) is 5.61. The zero-order chi connectivity index (χ0) is 21.3. The lowest BCUT2D eigenvalue weighted by Gasteiger charge is -2.09. The first kappa shape index (κ1) is 22.6. The fourth-order valence-electron chi connectivity index (χ4n) is 2.20. The van der Waals surface area contributed by atoms with Crippen molar-refractivity contribution in [3.05, 3.63) is 65.7 Å². The zero-order valence-corrected chi connectivity index (χ0v) is 17.8. The second kappa shape index (κ2) is 10.7. The van der Waals surface area contributed by atoms with Crippen molar-refractivity contribution in [1.29, 1.82) is 0 Å². The molecule has 2 aromatic rings. The van der Waals surface area contributed by atoms with Gasteiger partial charge in [0.1, 0.15) is 0 Å². The van der Waals surface area contributed by atoms with Gasteiger partial charge in [-0.1, -0.05) is 22.0 Å². The molecule has 0 atom stereocenters. The van der Waals surface area contributed by atoms with Crippen molar-refractivity contribution in [2.45, 2.75) is 11.3 Å². The molecule has 2 rings (SSSR count). The molecule has 0 spiro atoms. The van der Waals surface area contributed by atoms with Crippen LogP contribution in [0, 0.1) is 0 Å². The molecular formula is C19H21BrN4O4S. The first-order chi connectivity index (χ1) is 13.8. The Labute approximate surface area is 178 Å². The van der Waals surface area contributed by atoms with E-state index in [1.807, 2.05) is 0 Å². The lowest BCUT2D eigenvalue weighted by molar-refractivity contribution is -0.116. The quantitative estimate of drug-likeness (QED) is 0.412. The summed E-state index contributed by atoms with van der Waals surface area (Å²) >= 11 is 3.25. The molecule has 0 aliphatic heterocycles. The van der Waals surface area contributed by atoms with E-state index in [1.54, 1.807) is 42.5 Å². The maximum absolute atomic E-state index is 12.2. The van der Waals surface area contributed by atoms with E-state index in [0.29, 0.717) is 17.9 Å². The van der Waals surface area contributed by atoms with E-state index in [-0.39, 0.29) is 29.8 Å². The van der Waals surface area contributed by atoms with Crippen LogP contribution in [0.25, 0.3) is 0 Å². The van der Waals surface area contributed by atoms with Gasteiger partial charge in [0.25, 0.3) is 0 Å². The van der Waals surface area contributed by atoms with Crippen LogP contribution in [0.5, 0.6) is 0 Å². The van der Waals surface area contributed by atoms with Gasteiger partial charge >= 0.3 is 6.03 Å². The Hall–Kier alpha value is -2.69. The Morgan fingerprint density at radius 3 is 2.14 bits per heavy atom. The van der Waals surface area contributed by atoms with Gasteiger partial charge in [0.2, 0.25) is 15.9 Å². The van der Waals surface area contributed by atoms with Gasteiger partial charge in [-0.2, -0.15) is 0 Å². The molecule has 0 bridgehead atoms. The molecule has 0 heterocycles. The van der Waals surface area contributed by atoms with Crippen LogP contribution in [0.3, 0.4) is 0 Å². The number of halogens is 1. The molecule has 0 saturated heterocycles. The molecule has 10 heteroatoms. The third kappa shape index (κ3) is 7.68. The fourth-order valence-corrected chi connectivity index (χ4v) is 3.49. The highest BCUT2D eigenvalue weighted by Gasteiger charge is 2.14. The van der Waals surface area contributed by atoms with E-state index in [1.165, 1.54) is 12.1 Å². The summed E-state index contributed by atoms with van der Waals surface area (Å²) in [4.78, 5) is 23.7. The number of benzene rings is 2. The lowest BCUT2D eigenvalue weighted by Crippen LogP contribution is -2.28. The van der Waals surface area contributed by atoms with E-state index in [0.717, 1.165) is 4.47 Å². The molecule has 3 amide bonds. The molecule has 0 fully saturated rings. The SMILES string of the molecule is C=CCNC(=O)Nc1ccc(NC(=O)CCNS(=O)(=O)c2ccc(Br)cc2)cc1. The summed E-state index contributed by atoms with van der Waals surface area (Å²) < 4.78 is 27.5. The predicted molar refractivity (Wildman–Crippen MR) is 116 cm³/mol. The van der Waals surface area contributed by atoms with Crippen LogP contribution >= 0.6 is 15.9 Å². The van der Waals surface area contributed by atoms with Gasteiger partial charge in [0.05, 0.1) is 4.90 Å². The highest BCUT2D eigenvalue weighted by Crippen LogP contribution is 2.15. The highest BCUT2D eigenvalue weighted by atomic mass is 79.9. The average molecular weight is 481 g/mol. The average Bonchev–Trinajstić information content (AvgIpc) is 2.68. The van der Waals surface area contributed by atoms with Gasteiger partial charge in [-0.05, 0) is 48.5 Å². The summed E-state index contributed by atoms with van der Waals surface area (Å²) in [6.45, 7) is 3.83. The van der Waals surface area contributed by atoms with Gasteiger partial charge in [-0.3, -0.25) is 4.79 Å². The van der Waals surface area contributed by atoms with Crippen molar-refractivity contribution in [2.24, 2.45) is 0 Å². The van der Waals surface area contributed by atoms with Crippen LogP contribution in [-0.4, -0.2) is 33.4 Å². The summed E-state index contributed by atoms with van der Waals surface area (Å²) in [6, 6.07) is 12.4. The number of anilines is 2. The maximum atomic E-state index is 12.2. The Morgan fingerprint density at radius 1 is 0.966 bits per heavy atom. The lowest BCUT2D eigenvalue weighted by atomic mass is 10.2. The summed E-state index contributed by atoms with van der Waals surface area (Å²) in [5.41, 5.74) is 1.09. The number of amides is 3. The topological polar surface area (TPSA) is 116 Å². The summed E-state index contributed by atoms with van der Waals surface area (Å²) in [5, 5.41) is 7.89. The second-order valence-corrected chi connectivity index (χ2v) is 8.53. The Bertz CT molecular complexity index is 961. The van der Waals surface area contributed by atoms with Crippen LogP contribution in [0.2, 0.25) is 0 Å². The van der Waals surface area contributed by atoms with Crippen molar-refractivity contribution in [3.8, 4) is 0 Å². The molecule has 29 heavy (non-hydrogen) atoms. The van der Waals surface area contributed by atoms with Crippen LogP contribution < -0.4 is 20.7 Å². The standard InChI is InChI=1S/C19H21BrN4O4S/c1-2-12-21-19(26)24-16-7-5-15(6-8-16)23-18(25)11-13-22-29(27,28)17-9-3-14(20)4-10-17/h2-10,22H,1,11-13H2,(H,23,25)(H2,21,24,26). The van der Waals surface area contributed by atoms with Crippen molar-refractivity contribution in [3.63, 3.8) is 0 Å². The van der Waals surface area contributed by atoms with Crippen molar-refractivity contribution < 1.29 is 18.0 Å². The van der Waals surface area contributed by atoms with Gasteiger partial charge < -0.3 is 16.0 Å². The molecule has 4 N–H and O–H groups in total. The molecule has 0 unspecified atom stereocenters. The Morgan fingerprint density at radius 2 is 1.55 bits per heavy atom. The number of nitrogens with one attached hydrogen (secondary N) is 4. The third-order valence-electron chi connectivity index (χ3n) is 3.60. The van der Waals surface area contributed by atoms with E-state index >= 15 is 0 Å². The number of rotatable bonds is 9. The number of hydrogen-bond acceptors (Lipinski definition) is 4. The van der Waals surface area contributed by atoms with E-state index in [9.17, 15) is 18.0 Å². The molecule has 0 aromatic heterocycles. The predicted octanol–water partition coefficient (Wildman–Crippen LogP) is 3.06. The highest BCUT2D eigenvalue weighted by molar-refractivity contribution is 9.10. The number of urea groups is 1. The van der Waals surface area contributed by atoms with Crippen LogP contribution in [0.1, 0.15) is 6.42 Å². The van der Waals surface area contributed by atoms with E-state index < -0.39 is 10.0 Å². The molecule has 0 aliphatic rings. The minimum absolute atomic E-state index is 0.0281. The van der Waals surface area contributed by atoms with E-state index in [2.05, 4.69) is 43.2 Å². The molecule has 0 aliphatic carbocycles. The van der Waals surface area contributed by atoms with Crippen LogP contribution in [0.4, 0.5) is 16.2 Å². The molecule has 8 nitrogen and oxygen atoms in total. The molecule has 0 radical (unpaired) electrons.